The molecule has 0 aliphatic carbocycles. The maximum absolute atomic E-state index is 12.2. The van der Waals surface area contributed by atoms with Gasteiger partial charge in [-0.1, -0.05) is 12.1 Å². The van der Waals surface area contributed by atoms with Gasteiger partial charge >= 0.3 is 5.97 Å². The van der Waals surface area contributed by atoms with Gasteiger partial charge in [0.1, 0.15) is 0 Å². The van der Waals surface area contributed by atoms with Crippen LogP contribution in [0.4, 0.5) is 5.69 Å². The normalized spacial score (nSPS) is 9.91. The molecular formula is C15H13NO6. The fourth-order valence-electron chi connectivity index (χ4n) is 1.82. The van der Waals surface area contributed by atoms with Crippen molar-refractivity contribution in [3.05, 3.63) is 58.1 Å². The van der Waals surface area contributed by atoms with Gasteiger partial charge in [0.25, 0.3) is 5.69 Å². The Balaban J connectivity index is 2.33. The Labute approximate surface area is 126 Å². The van der Waals surface area contributed by atoms with Crippen molar-refractivity contribution in [3.8, 4) is 17.2 Å². The van der Waals surface area contributed by atoms with Crippen molar-refractivity contribution in [2.45, 2.75) is 0 Å². The highest BCUT2D eigenvalue weighted by Crippen LogP contribution is 2.37. The predicted octanol–water partition coefficient (Wildman–Crippen LogP) is 2.83. The molecule has 0 unspecified atom stereocenters. The molecular weight excluding hydrogens is 290 g/mol. The summed E-state index contributed by atoms with van der Waals surface area (Å²) in [5.41, 5.74) is -0.136. The van der Waals surface area contributed by atoms with Crippen molar-refractivity contribution in [1.29, 1.82) is 0 Å². The first kappa shape index (κ1) is 15.3. The average molecular weight is 303 g/mol. The van der Waals surface area contributed by atoms with E-state index in [-0.39, 0.29) is 17.0 Å². The molecule has 2 aromatic rings. The van der Waals surface area contributed by atoms with Crippen LogP contribution in [0, 0.1) is 10.1 Å². The van der Waals surface area contributed by atoms with Crippen LogP contribution in [0.25, 0.3) is 0 Å². The van der Waals surface area contributed by atoms with Gasteiger partial charge in [0, 0.05) is 12.1 Å². The van der Waals surface area contributed by atoms with Crippen LogP contribution in [0.5, 0.6) is 17.2 Å². The summed E-state index contributed by atoms with van der Waals surface area (Å²) in [6.45, 7) is 0. The van der Waals surface area contributed by atoms with Crippen molar-refractivity contribution in [2.24, 2.45) is 0 Å². The molecule has 2 rings (SSSR count). The molecule has 0 atom stereocenters. The number of nitro benzene ring substituents is 1. The second-order valence-corrected chi connectivity index (χ2v) is 4.19. The molecule has 0 radical (unpaired) electrons. The van der Waals surface area contributed by atoms with E-state index in [1.54, 1.807) is 18.2 Å². The van der Waals surface area contributed by atoms with Gasteiger partial charge < -0.3 is 14.2 Å². The maximum atomic E-state index is 12.2. The number of benzene rings is 2. The van der Waals surface area contributed by atoms with Crippen molar-refractivity contribution in [2.75, 3.05) is 14.2 Å². The molecule has 2 aromatic carbocycles. The molecule has 0 spiro atoms. The Morgan fingerprint density at radius 2 is 1.64 bits per heavy atom. The molecule has 0 aromatic heterocycles. The Morgan fingerprint density at radius 3 is 2.18 bits per heavy atom. The fraction of sp³-hybridized carbons (Fsp3) is 0.133. The maximum Gasteiger partial charge on any atom is 0.344 e. The minimum absolute atomic E-state index is 0.0576. The molecule has 0 amide bonds. The first-order valence-electron chi connectivity index (χ1n) is 6.24. The van der Waals surface area contributed by atoms with E-state index < -0.39 is 10.9 Å². The molecule has 0 saturated carbocycles. The largest absolute Gasteiger partial charge is 0.493 e. The number of non-ortho nitro benzene ring substituents is 1. The van der Waals surface area contributed by atoms with Crippen molar-refractivity contribution < 1.29 is 23.9 Å². The molecule has 0 aliphatic rings. The van der Waals surface area contributed by atoms with Crippen LogP contribution in [0.1, 0.15) is 10.4 Å². The van der Waals surface area contributed by atoms with E-state index in [4.69, 9.17) is 14.2 Å². The molecule has 22 heavy (non-hydrogen) atoms. The summed E-state index contributed by atoms with van der Waals surface area (Å²) in [5.74, 6) is 0.00627. The number of methoxy groups -OCH3 is 2. The summed E-state index contributed by atoms with van der Waals surface area (Å²) in [7, 11) is 2.86. The van der Waals surface area contributed by atoms with E-state index in [2.05, 4.69) is 0 Å². The third-order valence-corrected chi connectivity index (χ3v) is 2.87. The zero-order valence-corrected chi connectivity index (χ0v) is 11.9. The number of hydrogen-bond donors (Lipinski definition) is 0. The number of ether oxygens (including phenoxy) is 3. The summed E-state index contributed by atoms with van der Waals surface area (Å²) >= 11 is 0. The molecule has 114 valence electrons. The Hall–Kier alpha value is -3.09. The topological polar surface area (TPSA) is 87.9 Å². The average Bonchev–Trinajstić information content (AvgIpc) is 2.55. The third kappa shape index (κ3) is 3.14. The van der Waals surface area contributed by atoms with Crippen LogP contribution < -0.4 is 14.2 Å². The first-order valence-corrected chi connectivity index (χ1v) is 6.24. The Morgan fingerprint density at radius 1 is 1.05 bits per heavy atom. The van der Waals surface area contributed by atoms with Crippen LogP contribution in [0.2, 0.25) is 0 Å². The Kier molecular flexibility index (Phi) is 4.57. The van der Waals surface area contributed by atoms with Gasteiger partial charge in [-0.2, -0.15) is 0 Å². The van der Waals surface area contributed by atoms with E-state index >= 15 is 0 Å². The highest BCUT2D eigenvalue weighted by Gasteiger charge is 2.18. The lowest BCUT2D eigenvalue weighted by Gasteiger charge is -2.12. The molecule has 0 saturated heterocycles. The SMILES string of the molecule is COc1cccc(OC)c1OC(=O)c1cccc([N+](=O)[O-])c1. The van der Waals surface area contributed by atoms with Gasteiger partial charge in [-0.25, -0.2) is 4.79 Å². The van der Waals surface area contributed by atoms with Crippen LogP contribution in [-0.4, -0.2) is 25.1 Å². The summed E-state index contributed by atoms with van der Waals surface area (Å²) in [6.07, 6.45) is 0. The predicted molar refractivity (Wildman–Crippen MR) is 77.6 cm³/mol. The highest BCUT2D eigenvalue weighted by atomic mass is 16.6. The van der Waals surface area contributed by atoms with Gasteiger partial charge in [-0.3, -0.25) is 10.1 Å². The number of nitro groups is 1. The van der Waals surface area contributed by atoms with Crippen LogP contribution in [-0.2, 0) is 0 Å². The van der Waals surface area contributed by atoms with Crippen LogP contribution in [0.15, 0.2) is 42.5 Å². The van der Waals surface area contributed by atoms with E-state index in [1.807, 2.05) is 0 Å². The molecule has 7 heteroatoms. The van der Waals surface area contributed by atoms with Gasteiger partial charge in [0.05, 0.1) is 24.7 Å². The minimum atomic E-state index is -0.744. The van der Waals surface area contributed by atoms with Gasteiger partial charge in [0.2, 0.25) is 5.75 Å². The first-order chi connectivity index (χ1) is 10.6. The van der Waals surface area contributed by atoms with E-state index in [9.17, 15) is 14.9 Å². The summed E-state index contributed by atoms with van der Waals surface area (Å²) in [4.78, 5) is 22.3. The quantitative estimate of drug-likeness (QED) is 0.365. The fourth-order valence-corrected chi connectivity index (χ4v) is 1.82. The standard InChI is InChI=1S/C15H13NO6/c1-20-12-7-4-8-13(21-2)14(12)22-15(17)10-5-3-6-11(9-10)16(18)19/h3-9H,1-2H3. The molecule has 0 bridgehead atoms. The molecule has 0 fully saturated rings. The number of hydrogen-bond acceptors (Lipinski definition) is 6. The van der Waals surface area contributed by atoms with E-state index in [1.165, 1.54) is 32.4 Å². The lowest BCUT2D eigenvalue weighted by atomic mass is 10.2. The zero-order valence-electron chi connectivity index (χ0n) is 11.9. The number of para-hydroxylation sites is 1. The van der Waals surface area contributed by atoms with Crippen LogP contribution >= 0.6 is 0 Å². The monoisotopic (exact) mass is 303 g/mol. The summed E-state index contributed by atoms with van der Waals surface area (Å²) in [6, 6.07) is 10.2. The smallest absolute Gasteiger partial charge is 0.344 e. The molecule has 0 N–H and O–H groups in total. The lowest BCUT2D eigenvalue weighted by Crippen LogP contribution is -2.10. The zero-order chi connectivity index (χ0) is 16.1. The number of rotatable bonds is 5. The second kappa shape index (κ2) is 6.57. The second-order valence-electron chi connectivity index (χ2n) is 4.19. The molecule has 0 heterocycles. The summed E-state index contributed by atoms with van der Waals surface area (Å²) in [5, 5.41) is 10.7. The van der Waals surface area contributed by atoms with Gasteiger partial charge in [-0.05, 0) is 18.2 Å². The van der Waals surface area contributed by atoms with E-state index in [0.29, 0.717) is 11.5 Å². The number of esters is 1. The van der Waals surface area contributed by atoms with Gasteiger partial charge in [-0.15, -0.1) is 0 Å². The molecule has 7 nitrogen and oxygen atoms in total. The van der Waals surface area contributed by atoms with Gasteiger partial charge in [0.15, 0.2) is 11.5 Å². The van der Waals surface area contributed by atoms with Crippen molar-refractivity contribution in [1.82, 2.24) is 0 Å². The van der Waals surface area contributed by atoms with Crippen molar-refractivity contribution >= 4 is 11.7 Å². The van der Waals surface area contributed by atoms with Crippen LogP contribution in [0.3, 0.4) is 0 Å². The molecule has 0 aliphatic heterocycles. The minimum Gasteiger partial charge on any atom is -0.493 e. The highest BCUT2D eigenvalue weighted by molar-refractivity contribution is 5.92. The van der Waals surface area contributed by atoms with E-state index in [0.717, 1.165) is 6.07 Å². The third-order valence-electron chi connectivity index (χ3n) is 2.87. The number of nitrogens with zero attached hydrogens (tertiary/aromatic N) is 1. The number of carbonyl (C=O) groups is 1. The number of carbonyl (C=O) groups excluding carboxylic acids is 1. The Bertz CT molecular complexity index is 691. The lowest BCUT2D eigenvalue weighted by molar-refractivity contribution is -0.384. The summed E-state index contributed by atoms with van der Waals surface area (Å²) < 4.78 is 15.5. The van der Waals surface area contributed by atoms with Crippen molar-refractivity contribution in [3.63, 3.8) is 0 Å².